The van der Waals surface area contributed by atoms with Gasteiger partial charge in [-0.2, -0.15) is 0 Å². The van der Waals surface area contributed by atoms with E-state index in [1.165, 1.54) is 0 Å². The van der Waals surface area contributed by atoms with Gasteiger partial charge < -0.3 is 19.7 Å². The molecule has 2 aromatic carbocycles. The van der Waals surface area contributed by atoms with Gasteiger partial charge in [-0.1, -0.05) is 24.3 Å². The third-order valence-corrected chi connectivity index (χ3v) is 5.02. The minimum absolute atomic E-state index is 0.0101. The van der Waals surface area contributed by atoms with Crippen LogP contribution in [0, 0.1) is 13.8 Å². The molecule has 0 heterocycles. The summed E-state index contributed by atoms with van der Waals surface area (Å²) in [7, 11) is 1.60. The fraction of sp³-hybridized carbons (Fsp3) is 0.417. The van der Waals surface area contributed by atoms with E-state index in [0.717, 1.165) is 22.4 Å². The van der Waals surface area contributed by atoms with Crippen molar-refractivity contribution in [1.82, 2.24) is 10.2 Å². The van der Waals surface area contributed by atoms with Crippen LogP contribution in [0.3, 0.4) is 0 Å². The van der Waals surface area contributed by atoms with Crippen LogP contribution in [0.5, 0.6) is 11.5 Å². The van der Waals surface area contributed by atoms with E-state index in [1.807, 2.05) is 70.2 Å². The summed E-state index contributed by atoms with van der Waals surface area (Å²) >= 11 is 0. The van der Waals surface area contributed by atoms with Gasteiger partial charge in [-0.05, 0) is 69.5 Å². The van der Waals surface area contributed by atoms with Crippen LogP contribution in [0.25, 0.3) is 0 Å². The van der Waals surface area contributed by atoms with Crippen molar-refractivity contribution in [3.8, 4) is 11.5 Å². The van der Waals surface area contributed by atoms with E-state index in [4.69, 9.17) is 9.47 Å². The minimum Gasteiger partial charge on any atom is -0.497 e. The second kappa shape index (κ2) is 10.7. The lowest BCUT2D eigenvalue weighted by Gasteiger charge is -2.29. The SMILES string of the molecule is COc1ccc(CN(C(=O)COc2cccc(C)c2C)[C@H](C)C(=O)NC(C)C)cc1. The summed E-state index contributed by atoms with van der Waals surface area (Å²) < 4.78 is 11.0. The van der Waals surface area contributed by atoms with Gasteiger partial charge in [0.15, 0.2) is 6.61 Å². The fourth-order valence-electron chi connectivity index (χ4n) is 3.02. The molecule has 0 bridgehead atoms. The van der Waals surface area contributed by atoms with Crippen LogP contribution >= 0.6 is 0 Å². The third-order valence-electron chi connectivity index (χ3n) is 5.02. The number of aryl methyl sites for hydroxylation is 1. The van der Waals surface area contributed by atoms with Crippen LogP contribution in [-0.2, 0) is 16.1 Å². The minimum atomic E-state index is -0.635. The van der Waals surface area contributed by atoms with Gasteiger partial charge >= 0.3 is 0 Å². The Balaban J connectivity index is 2.18. The molecule has 0 aliphatic heterocycles. The molecule has 0 aliphatic rings. The second-order valence-electron chi connectivity index (χ2n) is 7.70. The van der Waals surface area contributed by atoms with Crippen molar-refractivity contribution in [3.63, 3.8) is 0 Å². The highest BCUT2D eigenvalue weighted by atomic mass is 16.5. The van der Waals surface area contributed by atoms with Crippen LogP contribution in [0.2, 0.25) is 0 Å². The molecule has 0 aromatic heterocycles. The summed E-state index contributed by atoms with van der Waals surface area (Å²) in [6.07, 6.45) is 0. The molecule has 162 valence electrons. The van der Waals surface area contributed by atoms with Crippen LogP contribution < -0.4 is 14.8 Å². The van der Waals surface area contributed by atoms with E-state index in [-0.39, 0.29) is 24.5 Å². The monoisotopic (exact) mass is 412 g/mol. The van der Waals surface area contributed by atoms with E-state index < -0.39 is 6.04 Å². The molecular formula is C24H32N2O4. The Morgan fingerprint density at radius 1 is 1.03 bits per heavy atom. The van der Waals surface area contributed by atoms with Gasteiger partial charge in [0.1, 0.15) is 17.5 Å². The first kappa shape index (κ1) is 23.3. The zero-order valence-electron chi connectivity index (χ0n) is 18.7. The topological polar surface area (TPSA) is 67.9 Å². The van der Waals surface area contributed by atoms with Gasteiger partial charge in [0.2, 0.25) is 5.91 Å². The maximum atomic E-state index is 13.1. The number of hydrogen-bond acceptors (Lipinski definition) is 4. The quantitative estimate of drug-likeness (QED) is 0.683. The molecule has 6 heteroatoms. The summed E-state index contributed by atoms with van der Waals surface area (Å²) in [6.45, 7) is 9.64. The lowest BCUT2D eigenvalue weighted by atomic mass is 10.1. The van der Waals surface area contributed by atoms with Gasteiger partial charge in [0.25, 0.3) is 5.91 Å². The predicted octanol–water partition coefficient (Wildman–Crippen LogP) is 3.63. The zero-order valence-corrected chi connectivity index (χ0v) is 18.7. The molecule has 0 radical (unpaired) electrons. The number of carbonyl (C=O) groups is 2. The number of nitrogens with zero attached hydrogens (tertiary/aromatic N) is 1. The molecule has 0 aliphatic carbocycles. The lowest BCUT2D eigenvalue weighted by Crippen LogP contribution is -2.50. The Hall–Kier alpha value is -3.02. The highest BCUT2D eigenvalue weighted by Gasteiger charge is 2.27. The number of nitrogens with one attached hydrogen (secondary N) is 1. The maximum absolute atomic E-state index is 13.1. The number of amides is 2. The first-order valence-corrected chi connectivity index (χ1v) is 10.1. The maximum Gasteiger partial charge on any atom is 0.261 e. The third kappa shape index (κ3) is 6.24. The number of carbonyl (C=O) groups excluding carboxylic acids is 2. The highest BCUT2D eigenvalue weighted by Crippen LogP contribution is 2.21. The summed E-state index contributed by atoms with van der Waals surface area (Å²) in [5, 5.41) is 2.88. The molecule has 2 aromatic rings. The van der Waals surface area contributed by atoms with Gasteiger partial charge in [-0.15, -0.1) is 0 Å². The number of hydrogen-bond donors (Lipinski definition) is 1. The second-order valence-corrected chi connectivity index (χ2v) is 7.70. The van der Waals surface area contributed by atoms with Crippen LogP contribution in [0.1, 0.15) is 37.5 Å². The Bertz CT molecular complexity index is 862. The summed E-state index contributed by atoms with van der Waals surface area (Å²) in [5.41, 5.74) is 3.00. The predicted molar refractivity (Wildman–Crippen MR) is 118 cm³/mol. The number of rotatable bonds is 9. The Labute approximate surface area is 179 Å². The fourth-order valence-corrected chi connectivity index (χ4v) is 3.02. The van der Waals surface area contributed by atoms with Crippen molar-refractivity contribution in [2.24, 2.45) is 0 Å². The molecule has 1 N–H and O–H groups in total. The van der Waals surface area contributed by atoms with Gasteiger partial charge in [-0.3, -0.25) is 9.59 Å². The summed E-state index contributed by atoms with van der Waals surface area (Å²) in [5.74, 6) is 0.962. The molecule has 2 amide bonds. The molecule has 30 heavy (non-hydrogen) atoms. The highest BCUT2D eigenvalue weighted by molar-refractivity contribution is 5.88. The Morgan fingerprint density at radius 3 is 2.30 bits per heavy atom. The van der Waals surface area contributed by atoms with Crippen LogP contribution in [-0.4, -0.2) is 42.5 Å². The summed E-state index contributed by atoms with van der Waals surface area (Å²) in [6, 6.07) is 12.5. The largest absolute Gasteiger partial charge is 0.497 e. The van der Waals surface area contributed by atoms with Crippen LogP contribution in [0.15, 0.2) is 42.5 Å². The molecule has 0 spiro atoms. The number of ether oxygens (including phenoxy) is 2. The Morgan fingerprint density at radius 2 is 1.70 bits per heavy atom. The van der Waals surface area contributed by atoms with Crippen molar-refractivity contribution in [3.05, 3.63) is 59.2 Å². The van der Waals surface area contributed by atoms with E-state index in [9.17, 15) is 9.59 Å². The van der Waals surface area contributed by atoms with Crippen LogP contribution in [0.4, 0.5) is 0 Å². The standard InChI is InChI=1S/C24H32N2O4/c1-16(2)25-24(28)19(5)26(14-20-10-12-21(29-6)13-11-20)23(27)15-30-22-9-7-8-17(3)18(22)4/h7-13,16,19H,14-15H2,1-6H3,(H,25,28)/t19-/m1/s1. The molecule has 0 saturated heterocycles. The van der Waals surface area contributed by atoms with E-state index in [1.54, 1.807) is 18.9 Å². The number of benzene rings is 2. The van der Waals surface area contributed by atoms with Crippen molar-refractivity contribution < 1.29 is 19.1 Å². The lowest BCUT2D eigenvalue weighted by molar-refractivity contribution is -0.142. The normalized spacial score (nSPS) is 11.7. The van der Waals surface area contributed by atoms with Gasteiger partial charge in [0.05, 0.1) is 7.11 Å². The molecule has 0 saturated carbocycles. The average Bonchev–Trinajstić information content (AvgIpc) is 2.72. The molecule has 6 nitrogen and oxygen atoms in total. The molecule has 0 unspecified atom stereocenters. The zero-order chi connectivity index (χ0) is 22.3. The first-order valence-electron chi connectivity index (χ1n) is 10.1. The molecule has 0 fully saturated rings. The van der Waals surface area contributed by atoms with Crippen molar-refractivity contribution >= 4 is 11.8 Å². The summed E-state index contributed by atoms with van der Waals surface area (Å²) in [4.78, 5) is 27.2. The molecular weight excluding hydrogens is 380 g/mol. The first-order chi connectivity index (χ1) is 14.2. The average molecular weight is 413 g/mol. The van der Waals surface area contributed by atoms with Gasteiger partial charge in [0, 0.05) is 12.6 Å². The van der Waals surface area contributed by atoms with Gasteiger partial charge in [-0.25, -0.2) is 0 Å². The van der Waals surface area contributed by atoms with E-state index in [2.05, 4.69) is 5.32 Å². The number of methoxy groups -OCH3 is 1. The van der Waals surface area contributed by atoms with Crippen molar-refractivity contribution in [1.29, 1.82) is 0 Å². The molecule has 1 atom stereocenters. The Kier molecular flexibility index (Phi) is 8.27. The van der Waals surface area contributed by atoms with Crippen molar-refractivity contribution in [2.75, 3.05) is 13.7 Å². The van der Waals surface area contributed by atoms with Crippen molar-refractivity contribution in [2.45, 2.75) is 53.2 Å². The van der Waals surface area contributed by atoms with E-state index in [0.29, 0.717) is 12.3 Å². The van der Waals surface area contributed by atoms with E-state index >= 15 is 0 Å². The smallest absolute Gasteiger partial charge is 0.261 e. The molecule has 2 rings (SSSR count).